The first-order valence-corrected chi connectivity index (χ1v) is 11.7. The molecule has 2 aromatic rings. The number of alkyl halides is 3. The maximum absolute atomic E-state index is 12.8. The van der Waals surface area contributed by atoms with Crippen molar-refractivity contribution in [2.24, 2.45) is 0 Å². The van der Waals surface area contributed by atoms with Crippen molar-refractivity contribution in [3.8, 4) is 11.3 Å². The van der Waals surface area contributed by atoms with Crippen molar-refractivity contribution in [3.63, 3.8) is 0 Å². The number of carboxylic acids is 1. The van der Waals surface area contributed by atoms with Crippen LogP contribution >= 0.6 is 0 Å². The SMILES string of the molecule is CCC(CC)O[C@@H]1C=C(C(=O)O)C[C@H](NCc2cc(-c3ccc(C(F)(F)F)cc3)on2)[C@H]1NC(C)=O. The third-order valence-corrected chi connectivity index (χ3v) is 6.10. The minimum Gasteiger partial charge on any atom is -0.478 e. The summed E-state index contributed by atoms with van der Waals surface area (Å²) in [5.74, 6) is -1.04. The Morgan fingerprint density at radius 2 is 1.89 bits per heavy atom. The van der Waals surface area contributed by atoms with Crippen molar-refractivity contribution in [2.75, 3.05) is 0 Å². The number of carbonyl (C=O) groups is 2. The van der Waals surface area contributed by atoms with Crippen LogP contribution in [-0.2, 0) is 27.0 Å². The minimum absolute atomic E-state index is 0.0989. The summed E-state index contributed by atoms with van der Waals surface area (Å²) in [6.45, 7) is 5.51. The van der Waals surface area contributed by atoms with Crippen molar-refractivity contribution in [1.82, 2.24) is 15.8 Å². The summed E-state index contributed by atoms with van der Waals surface area (Å²) in [5, 5.41) is 19.7. The fraction of sp³-hybridized carbons (Fsp3) is 0.480. The Balaban J connectivity index is 1.76. The van der Waals surface area contributed by atoms with Gasteiger partial charge in [-0.2, -0.15) is 13.2 Å². The number of hydrogen-bond acceptors (Lipinski definition) is 6. The van der Waals surface area contributed by atoms with Gasteiger partial charge in [0.15, 0.2) is 5.76 Å². The van der Waals surface area contributed by atoms with Gasteiger partial charge in [0, 0.05) is 36.7 Å². The molecule has 0 fully saturated rings. The second-order valence-corrected chi connectivity index (χ2v) is 8.71. The fourth-order valence-corrected chi connectivity index (χ4v) is 4.16. The molecule has 0 radical (unpaired) electrons. The average Bonchev–Trinajstić information content (AvgIpc) is 3.30. The van der Waals surface area contributed by atoms with Crippen LogP contribution in [0, 0.1) is 0 Å². The van der Waals surface area contributed by atoms with Crippen LogP contribution in [0.15, 0.2) is 46.5 Å². The Bertz CT molecular complexity index is 1080. The molecule has 3 rings (SSSR count). The quantitative estimate of drug-likeness (QED) is 0.437. The molecule has 1 amide bonds. The number of aliphatic carboxylic acids is 1. The topological polar surface area (TPSA) is 114 Å². The number of nitrogens with one attached hydrogen (secondary N) is 2. The Labute approximate surface area is 206 Å². The molecule has 1 aliphatic rings. The molecular formula is C25H30F3N3O5. The van der Waals surface area contributed by atoms with Crippen LogP contribution in [-0.4, -0.2) is 46.4 Å². The lowest BCUT2D eigenvalue weighted by molar-refractivity contribution is -0.137. The first kappa shape index (κ1) is 27.4. The first-order chi connectivity index (χ1) is 17.0. The normalized spacial score (nSPS) is 20.3. The summed E-state index contributed by atoms with van der Waals surface area (Å²) >= 11 is 0. The maximum atomic E-state index is 12.8. The van der Waals surface area contributed by atoms with Gasteiger partial charge in [0.1, 0.15) is 0 Å². The molecule has 0 aliphatic heterocycles. The van der Waals surface area contributed by atoms with Gasteiger partial charge in [-0.1, -0.05) is 31.1 Å². The highest BCUT2D eigenvalue weighted by molar-refractivity contribution is 5.87. The van der Waals surface area contributed by atoms with Gasteiger partial charge < -0.3 is 25.0 Å². The third kappa shape index (κ3) is 6.94. The lowest BCUT2D eigenvalue weighted by Crippen LogP contribution is -2.58. The Hall–Kier alpha value is -3.18. The van der Waals surface area contributed by atoms with E-state index in [1.807, 2.05) is 13.8 Å². The molecule has 0 spiro atoms. The smallest absolute Gasteiger partial charge is 0.416 e. The van der Waals surface area contributed by atoms with Crippen LogP contribution in [0.5, 0.6) is 0 Å². The van der Waals surface area contributed by atoms with Gasteiger partial charge >= 0.3 is 12.1 Å². The molecule has 3 atom stereocenters. The molecule has 196 valence electrons. The lowest BCUT2D eigenvalue weighted by Gasteiger charge is -2.38. The van der Waals surface area contributed by atoms with E-state index in [-0.39, 0.29) is 30.5 Å². The van der Waals surface area contributed by atoms with Crippen LogP contribution in [0.25, 0.3) is 11.3 Å². The lowest BCUT2D eigenvalue weighted by atomic mass is 9.87. The first-order valence-electron chi connectivity index (χ1n) is 11.7. The fourth-order valence-electron chi connectivity index (χ4n) is 4.16. The molecule has 1 aromatic carbocycles. The molecule has 11 heteroatoms. The summed E-state index contributed by atoms with van der Waals surface area (Å²) < 4.78 is 49.9. The van der Waals surface area contributed by atoms with Gasteiger partial charge in [-0.25, -0.2) is 4.79 Å². The van der Waals surface area contributed by atoms with E-state index in [1.165, 1.54) is 19.1 Å². The number of carbonyl (C=O) groups excluding carboxylic acids is 1. The number of hydrogen-bond donors (Lipinski definition) is 3. The second-order valence-electron chi connectivity index (χ2n) is 8.71. The van der Waals surface area contributed by atoms with Gasteiger partial charge in [-0.15, -0.1) is 0 Å². The Morgan fingerprint density at radius 3 is 2.44 bits per heavy atom. The van der Waals surface area contributed by atoms with E-state index in [0.717, 1.165) is 25.0 Å². The summed E-state index contributed by atoms with van der Waals surface area (Å²) in [6.07, 6.45) is -2.00. The minimum atomic E-state index is -4.43. The zero-order chi connectivity index (χ0) is 26.5. The predicted octanol–water partition coefficient (Wildman–Crippen LogP) is 4.31. The van der Waals surface area contributed by atoms with E-state index in [4.69, 9.17) is 9.26 Å². The van der Waals surface area contributed by atoms with E-state index >= 15 is 0 Å². The van der Waals surface area contributed by atoms with Crippen LogP contribution in [0.4, 0.5) is 13.2 Å². The number of nitrogens with zero attached hydrogens (tertiary/aromatic N) is 1. The third-order valence-electron chi connectivity index (χ3n) is 6.10. The van der Waals surface area contributed by atoms with Crippen LogP contribution in [0.2, 0.25) is 0 Å². The summed E-state index contributed by atoms with van der Waals surface area (Å²) in [6, 6.07) is 5.14. The van der Waals surface area contributed by atoms with Crippen molar-refractivity contribution in [1.29, 1.82) is 0 Å². The number of carboxylic acid groups (broad SMARTS) is 1. The van der Waals surface area contributed by atoms with Crippen molar-refractivity contribution >= 4 is 11.9 Å². The molecule has 0 saturated carbocycles. The van der Waals surface area contributed by atoms with Gasteiger partial charge in [0.2, 0.25) is 5.91 Å². The second kappa shape index (κ2) is 11.7. The van der Waals surface area contributed by atoms with E-state index in [1.54, 1.807) is 12.1 Å². The number of aromatic nitrogens is 1. The predicted molar refractivity (Wildman–Crippen MR) is 125 cm³/mol. The summed E-state index contributed by atoms with van der Waals surface area (Å²) in [5.41, 5.74) is 0.317. The zero-order valence-corrected chi connectivity index (χ0v) is 20.3. The van der Waals surface area contributed by atoms with Crippen LogP contribution < -0.4 is 10.6 Å². The van der Waals surface area contributed by atoms with E-state index in [0.29, 0.717) is 17.0 Å². The standard InChI is InChI=1S/C25H30F3N3O5/c1-4-19(5-2)35-22-11-16(24(33)34)10-20(23(22)30-14(3)32)29-13-18-12-21(36-31-18)15-6-8-17(9-7-15)25(26,27)28/h6-9,11-12,19-20,22-23,29H,4-5,10,13H2,1-3H3,(H,30,32)(H,33,34)/t20-,22+,23+/m0/s1. The number of rotatable bonds is 10. The molecule has 0 saturated heterocycles. The highest BCUT2D eigenvalue weighted by Crippen LogP contribution is 2.31. The highest BCUT2D eigenvalue weighted by Gasteiger charge is 2.37. The number of halogens is 3. The van der Waals surface area contributed by atoms with Crippen molar-refractivity contribution < 1.29 is 37.1 Å². The number of benzene rings is 1. The van der Waals surface area contributed by atoms with Crippen molar-refractivity contribution in [2.45, 2.75) is 77.0 Å². The largest absolute Gasteiger partial charge is 0.478 e. The number of ether oxygens (including phenoxy) is 1. The van der Waals surface area contributed by atoms with E-state index < -0.39 is 35.9 Å². The molecule has 1 heterocycles. The Morgan fingerprint density at radius 1 is 1.22 bits per heavy atom. The van der Waals surface area contributed by atoms with Crippen molar-refractivity contribution in [3.05, 3.63) is 53.2 Å². The molecule has 1 aromatic heterocycles. The van der Waals surface area contributed by atoms with Crippen LogP contribution in [0.1, 0.15) is 51.3 Å². The highest BCUT2D eigenvalue weighted by atomic mass is 19.4. The van der Waals surface area contributed by atoms with Gasteiger partial charge in [0.05, 0.1) is 29.5 Å². The van der Waals surface area contributed by atoms with Gasteiger partial charge in [0.25, 0.3) is 0 Å². The monoisotopic (exact) mass is 509 g/mol. The molecule has 3 N–H and O–H groups in total. The molecule has 36 heavy (non-hydrogen) atoms. The van der Waals surface area contributed by atoms with E-state index in [9.17, 15) is 27.9 Å². The molecule has 1 aliphatic carbocycles. The summed E-state index contributed by atoms with van der Waals surface area (Å²) in [4.78, 5) is 23.7. The molecular weight excluding hydrogens is 479 g/mol. The summed E-state index contributed by atoms with van der Waals surface area (Å²) in [7, 11) is 0. The van der Waals surface area contributed by atoms with E-state index in [2.05, 4.69) is 15.8 Å². The average molecular weight is 510 g/mol. The zero-order valence-electron chi connectivity index (χ0n) is 20.3. The maximum Gasteiger partial charge on any atom is 0.416 e. The molecule has 8 nitrogen and oxygen atoms in total. The van der Waals surface area contributed by atoms with Crippen LogP contribution in [0.3, 0.4) is 0 Å². The van der Waals surface area contributed by atoms with Gasteiger partial charge in [-0.05, 0) is 37.5 Å². The molecule has 0 unspecified atom stereocenters. The number of amides is 1. The Kier molecular flexibility index (Phi) is 8.91. The van der Waals surface area contributed by atoms with Gasteiger partial charge in [-0.3, -0.25) is 4.79 Å². The molecule has 0 bridgehead atoms.